The minimum Gasteiger partial charge on any atom is -0.445 e. The average Bonchev–Trinajstić information content (AvgIpc) is 3.36. The molecule has 1 aliphatic heterocycles. The van der Waals surface area contributed by atoms with Gasteiger partial charge in [0.15, 0.2) is 11.4 Å². The van der Waals surface area contributed by atoms with Crippen LogP contribution in [-0.2, 0) is 33.9 Å². The number of carbonyl (C=O) groups is 1. The first-order valence-corrected chi connectivity index (χ1v) is 14.7. The summed E-state index contributed by atoms with van der Waals surface area (Å²) in [6.07, 6.45) is 1.44. The fraction of sp³-hybridized carbons (Fsp3) is 0.273. The maximum atomic E-state index is 11.9. The van der Waals surface area contributed by atoms with Crippen molar-refractivity contribution >= 4 is 29.3 Å². The van der Waals surface area contributed by atoms with Gasteiger partial charge in [-0.1, -0.05) is 116 Å². The van der Waals surface area contributed by atoms with Crippen LogP contribution in [0.5, 0.6) is 0 Å². The topological polar surface area (TPSA) is 94.8 Å². The van der Waals surface area contributed by atoms with E-state index in [9.17, 15) is 9.90 Å². The molecule has 0 aliphatic carbocycles. The van der Waals surface area contributed by atoms with Crippen LogP contribution in [0.1, 0.15) is 41.6 Å². The van der Waals surface area contributed by atoms with Gasteiger partial charge in [0.1, 0.15) is 11.8 Å². The summed E-state index contributed by atoms with van der Waals surface area (Å²) in [4.78, 5) is 16.1. The van der Waals surface area contributed by atoms with Crippen molar-refractivity contribution < 1.29 is 24.1 Å². The summed E-state index contributed by atoms with van der Waals surface area (Å²) in [5.41, 5.74) is 5.60. The van der Waals surface area contributed by atoms with Crippen LogP contribution in [0.4, 0.5) is 4.79 Å². The molecule has 4 atom stereocenters. The van der Waals surface area contributed by atoms with Crippen LogP contribution in [0, 0.1) is 5.92 Å². The van der Waals surface area contributed by atoms with E-state index in [1.54, 1.807) is 10.9 Å². The molecule has 0 bridgehead atoms. The zero-order chi connectivity index (χ0) is 30.3. The Hall–Kier alpha value is -3.66. The van der Waals surface area contributed by atoms with E-state index in [2.05, 4.69) is 23.8 Å². The van der Waals surface area contributed by atoms with Crippen LogP contribution in [0.25, 0.3) is 11.1 Å². The number of imidazole rings is 1. The third-order valence-corrected chi connectivity index (χ3v) is 8.27. The van der Waals surface area contributed by atoms with Crippen LogP contribution in [0.2, 0.25) is 10.3 Å². The largest absolute Gasteiger partial charge is 0.445 e. The van der Waals surface area contributed by atoms with Gasteiger partial charge in [-0.25, -0.2) is 9.78 Å². The Morgan fingerprint density at radius 1 is 1.07 bits per heavy atom. The highest BCUT2D eigenvalue weighted by atomic mass is 35.5. The van der Waals surface area contributed by atoms with Crippen molar-refractivity contribution in [3.8, 4) is 11.1 Å². The van der Waals surface area contributed by atoms with Crippen LogP contribution < -0.4 is 5.32 Å². The molecule has 43 heavy (non-hydrogen) atoms. The van der Waals surface area contributed by atoms with E-state index in [-0.39, 0.29) is 36.5 Å². The fourth-order valence-electron chi connectivity index (χ4n) is 5.12. The Morgan fingerprint density at radius 3 is 2.47 bits per heavy atom. The lowest BCUT2D eigenvalue weighted by Crippen LogP contribution is -2.39. The maximum Gasteiger partial charge on any atom is 0.407 e. The van der Waals surface area contributed by atoms with Crippen LogP contribution >= 0.6 is 23.2 Å². The molecule has 0 spiro atoms. The standard InChI is InChI=1S/C33H33Cl2N3O5/c1-3-16-41-33(40)36-17-26-6-4-5-7-27(26)23-12-14-25(15-13-23)32-42-28(18-38-20-37-30(34)31(38)35)21(2)29(43-32)24-10-8-22(19-39)9-11-24/h3-15,20-21,28-29,32,39H,1,16-19H2,2H3,(H,36,40)/t21-,28+,29+,32+/m1/s1. The Labute approximate surface area is 260 Å². The van der Waals surface area contributed by atoms with Gasteiger partial charge in [0.05, 0.1) is 31.7 Å². The molecule has 1 amide bonds. The first-order valence-electron chi connectivity index (χ1n) is 13.9. The summed E-state index contributed by atoms with van der Waals surface area (Å²) in [5.74, 6) is -0.0368. The zero-order valence-corrected chi connectivity index (χ0v) is 25.2. The number of benzene rings is 3. The molecule has 2 N–H and O–H groups in total. The number of nitrogens with zero attached hydrogens (tertiary/aromatic N) is 2. The van der Waals surface area contributed by atoms with E-state index < -0.39 is 12.4 Å². The van der Waals surface area contributed by atoms with Gasteiger partial charge < -0.3 is 29.2 Å². The number of aromatic nitrogens is 2. The van der Waals surface area contributed by atoms with E-state index in [0.717, 1.165) is 33.4 Å². The van der Waals surface area contributed by atoms with E-state index in [1.807, 2.05) is 72.8 Å². The second-order valence-electron chi connectivity index (χ2n) is 10.3. The lowest BCUT2D eigenvalue weighted by molar-refractivity contribution is -0.276. The first-order chi connectivity index (χ1) is 20.9. The Kier molecular flexibility index (Phi) is 10.2. The van der Waals surface area contributed by atoms with Gasteiger partial charge in [0.2, 0.25) is 0 Å². The van der Waals surface area contributed by atoms with Crippen molar-refractivity contribution in [2.45, 2.75) is 45.1 Å². The molecule has 224 valence electrons. The van der Waals surface area contributed by atoms with Crippen molar-refractivity contribution in [1.82, 2.24) is 14.9 Å². The first kappa shape index (κ1) is 30.8. The lowest BCUT2D eigenvalue weighted by Gasteiger charge is -2.41. The molecule has 10 heteroatoms. The van der Waals surface area contributed by atoms with Gasteiger partial charge in [-0.3, -0.25) is 0 Å². The number of aliphatic hydroxyl groups excluding tert-OH is 1. The number of hydrogen-bond acceptors (Lipinski definition) is 6. The molecule has 1 fully saturated rings. The summed E-state index contributed by atoms with van der Waals surface area (Å²) < 4.78 is 19.9. The maximum absolute atomic E-state index is 11.9. The quantitative estimate of drug-likeness (QED) is 0.181. The third-order valence-electron chi connectivity index (χ3n) is 7.50. The number of ether oxygens (including phenoxy) is 3. The van der Waals surface area contributed by atoms with Crippen molar-refractivity contribution in [3.63, 3.8) is 0 Å². The normalized spacial score (nSPS) is 20.0. The highest BCUT2D eigenvalue weighted by Gasteiger charge is 2.39. The van der Waals surface area contributed by atoms with Crippen LogP contribution in [0.15, 0.2) is 91.8 Å². The predicted octanol–water partition coefficient (Wildman–Crippen LogP) is 7.25. The van der Waals surface area contributed by atoms with E-state index >= 15 is 0 Å². The third kappa shape index (κ3) is 7.29. The number of carbonyl (C=O) groups excluding carboxylic acids is 1. The molecule has 1 saturated heterocycles. The molecule has 2 heterocycles. The number of aliphatic hydroxyl groups is 1. The summed E-state index contributed by atoms with van der Waals surface area (Å²) >= 11 is 12.5. The van der Waals surface area contributed by atoms with Crippen molar-refractivity contribution in [3.05, 3.63) is 124 Å². The number of alkyl carbamates (subject to hydrolysis) is 1. The fourth-order valence-corrected chi connectivity index (χ4v) is 5.43. The molecular weight excluding hydrogens is 589 g/mol. The summed E-state index contributed by atoms with van der Waals surface area (Å²) in [6, 6.07) is 23.6. The number of amides is 1. The van der Waals surface area contributed by atoms with Gasteiger partial charge in [-0.15, -0.1) is 0 Å². The molecule has 4 aromatic rings. The molecule has 3 aromatic carbocycles. The van der Waals surface area contributed by atoms with Crippen LogP contribution in [0.3, 0.4) is 0 Å². The Bertz CT molecular complexity index is 1540. The minimum atomic E-state index is -0.646. The van der Waals surface area contributed by atoms with Gasteiger partial charge in [0.25, 0.3) is 0 Å². The molecule has 0 unspecified atom stereocenters. The Morgan fingerprint density at radius 2 is 1.79 bits per heavy atom. The monoisotopic (exact) mass is 621 g/mol. The zero-order valence-electron chi connectivity index (χ0n) is 23.7. The number of rotatable bonds is 10. The molecule has 8 nitrogen and oxygen atoms in total. The number of halogens is 2. The average molecular weight is 623 g/mol. The Balaban J connectivity index is 1.38. The smallest absolute Gasteiger partial charge is 0.407 e. The van der Waals surface area contributed by atoms with E-state index in [0.29, 0.717) is 18.2 Å². The van der Waals surface area contributed by atoms with Gasteiger partial charge in [-0.2, -0.15) is 0 Å². The lowest BCUT2D eigenvalue weighted by atomic mass is 9.90. The summed E-state index contributed by atoms with van der Waals surface area (Å²) in [5, 5.41) is 12.9. The van der Waals surface area contributed by atoms with Gasteiger partial charge in [-0.05, 0) is 27.8 Å². The highest BCUT2D eigenvalue weighted by molar-refractivity contribution is 6.40. The van der Waals surface area contributed by atoms with E-state index in [1.165, 1.54) is 6.08 Å². The molecule has 5 rings (SSSR count). The minimum absolute atomic E-state index is 0.0272. The van der Waals surface area contributed by atoms with Crippen molar-refractivity contribution in [2.75, 3.05) is 6.61 Å². The van der Waals surface area contributed by atoms with Crippen molar-refractivity contribution in [1.29, 1.82) is 0 Å². The highest BCUT2D eigenvalue weighted by Crippen LogP contribution is 2.42. The van der Waals surface area contributed by atoms with E-state index in [4.69, 9.17) is 37.4 Å². The second-order valence-corrected chi connectivity index (χ2v) is 11.0. The second kappa shape index (κ2) is 14.2. The molecule has 0 radical (unpaired) electrons. The SMILES string of the molecule is C=CCOC(=O)NCc1ccccc1-c1ccc([C@H]2O[C@@H](Cn3cnc(Cl)c3Cl)[C@@H](C)[C@@H](c3ccc(CO)cc3)O2)cc1. The van der Waals surface area contributed by atoms with Gasteiger partial charge in [0, 0.05) is 18.0 Å². The molecule has 0 saturated carbocycles. The van der Waals surface area contributed by atoms with Crippen LogP contribution in [-0.4, -0.2) is 33.5 Å². The molecule has 1 aromatic heterocycles. The number of nitrogens with one attached hydrogen (secondary N) is 1. The van der Waals surface area contributed by atoms with Crippen molar-refractivity contribution in [2.24, 2.45) is 5.92 Å². The predicted molar refractivity (Wildman–Crippen MR) is 165 cm³/mol. The molecule has 1 aliphatic rings. The number of hydrogen-bond donors (Lipinski definition) is 2. The summed E-state index contributed by atoms with van der Waals surface area (Å²) in [6.45, 7) is 6.53. The van der Waals surface area contributed by atoms with Gasteiger partial charge >= 0.3 is 6.09 Å². The molecular formula is C33H33Cl2N3O5. The summed E-state index contributed by atoms with van der Waals surface area (Å²) in [7, 11) is 0.